The largest absolute Gasteiger partial charge is 0.496 e. The summed E-state index contributed by atoms with van der Waals surface area (Å²) < 4.78 is 34.8. The van der Waals surface area contributed by atoms with Crippen molar-refractivity contribution in [3.8, 4) is 16.9 Å². The summed E-state index contributed by atoms with van der Waals surface area (Å²) in [7, 11) is 5.49. The van der Waals surface area contributed by atoms with Gasteiger partial charge >= 0.3 is 0 Å². The van der Waals surface area contributed by atoms with Crippen molar-refractivity contribution < 1.29 is 13.5 Å². The van der Waals surface area contributed by atoms with Crippen LogP contribution in [-0.4, -0.2) is 40.7 Å². The fourth-order valence-electron chi connectivity index (χ4n) is 3.80. The van der Waals surface area contributed by atoms with Crippen molar-refractivity contribution in [3.05, 3.63) is 83.3 Å². The number of methoxy groups -OCH3 is 1. The highest BCUT2D eigenvalue weighted by atomic mass is 19.1. The summed E-state index contributed by atoms with van der Waals surface area (Å²) in [5.74, 6) is -1.04. The zero-order chi connectivity index (χ0) is 22.0. The normalized spacial score (nSPS) is 11.4. The third-order valence-electron chi connectivity index (χ3n) is 5.27. The summed E-state index contributed by atoms with van der Waals surface area (Å²) in [6.07, 6.45) is 2.55. The first kappa shape index (κ1) is 20.9. The Bertz CT molecular complexity index is 1200. The molecule has 0 fully saturated rings. The van der Waals surface area contributed by atoms with E-state index in [0.717, 1.165) is 35.1 Å². The summed E-state index contributed by atoms with van der Waals surface area (Å²) in [6, 6.07) is 14.5. The molecule has 160 valence electrons. The van der Waals surface area contributed by atoms with Crippen LogP contribution in [-0.2, 0) is 19.4 Å². The Balaban J connectivity index is 1.62. The minimum Gasteiger partial charge on any atom is -0.496 e. The number of ether oxygens (including phenoxy) is 1. The van der Waals surface area contributed by atoms with Crippen LogP contribution in [0, 0.1) is 11.6 Å². The van der Waals surface area contributed by atoms with Gasteiger partial charge in [0.15, 0.2) is 5.65 Å². The van der Waals surface area contributed by atoms with E-state index in [1.807, 2.05) is 30.6 Å². The molecule has 4 rings (SSSR count). The SMILES string of the molecule is COc1cc(F)cc(F)c1CCc1ccc(-c2ccc(CN(C)C)cc2)c2nncn12. The Morgan fingerprint density at radius 3 is 2.48 bits per heavy atom. The maximum absolute atomic E-state index is 14.3. The summed E-state index contributed by atoms with van der Waals surface area (Å²) >= 11 is 0. The number of rotatable bonds is 7. The van der Waals surface area contributed by atoms with E-state index in [9.17, 15) is 8.78 Å². The van der Waals surface area contributed by atoms with Crippen LogP contribution < -0.4 is 4.74 Å². The number of aromatic nitrogens is 3. The van der Waals surface area contributed by atoms with Crippen molar-refractivity contribution in [3.63, 3.8) is 0 Å². The molecular weight excluding hydrogens is 398 g/mol. The molecule has 0 aliphatic carbocycles. The van der Waals surface area contributed by atoms with Gasteiger partial charge in [-0.2, -0.15) is 0 Å². The number of fused-ring (bicyclic) bond motifs is 1. The smallest absolute Gasteiger partial charge is 0.168 e. The van der Waals surface area contributed by atoms with Crippen LogP contribution in [0.15, 0.2) is 54.9 Å². The molecule has 31 heavy (non-hydrogen) atoms. The molecule has 2 aromatic carbocycles. The minimum absolute atomic E-state index is 0.215. The monoisotopic (exact) mass is 422 g/mol. The molecule has 4 aromatic rings. The van der Waals surface area contributed by atoms with E-state index in [1.165, 1.54) is 18.7 Å². The molecule has 0 atom stereocenters. The summed E-state index contributed by atoms with van der Waals surface area (Å²) in [5.41, 5.74) is 5.29. The van der Waals surface area contributed by atoms with E-state index in [1.54, 1.807) is 6.33 Å². The van der Waals surface area contributed by atoms with Crippen LogP contribution in [0.25, 0.3) is 16.8 Å². The van der Waals surface area contributed by atoms with E-state index in [-0.39, 0.29) is 5.75 Å². The molecule has 0 unspecified atom stereocenters. The van der Waals surface area contributed by atoms with Crippen molar-refractivity contribution in [2.45, 2.75) is 19.4 Å². The fourth-order valence-corrected chi connectivity index (χ4v) is 3.80. The van der Waals surface area contributed by atoms with E-state index < -0.39 is 11.6 Å². The average molecular weight is 422 g/mol. The Morgan fingerprint density at radius 1 is 1.00 bits per heavy atom. The molecule has 2 heterocycles. The first-order chi connectivity index (χ1) is 15.0. The molecule has 0 radical (unpaired) electrons. The van der Waals surface area contributed by atoms with Crippen LogP contribution in [0.5, 0.6) is 5.75 Å². The number of aryl methyl sites for hydroxylation is 1. The van der Waals surface area contributed by atoms with Gasteiger partial charge in [-0.15, -0.1) is 10.2 Å². The van der Waals surface area contributed by atoms with Gasteiger partial charge in [-0.1, -0.05) is 24.3 Å². The van der Waals surface area contributed by atoms with Gasteiger partial charge in [0.1, 0.15) is 23.7 Å². The molecule has 7 heteroatoms. The molecule has 5 nitrogen and oxygen atoms in total. The molecule has 0 saturated carbocycles. The van der Waals surface area contributed by atoms with Gasteiger partial charge in [0.2, 0.25) is 0 Å². The molecule has 0 amide bonds. The predicted molar refractivity (Wildman–Crippen MR) is 116 cm³/mol. The minimum atomic E-state index is -0.653. The van der Waals surface area contributed by atoms with Crippen LogP contribution in [0.4, 0.5) is 8.78 Å². The highest BCUT2D eigenvalue weighted by Crippen LogP contribution is 2.28. The lowest BCUT2D eigenvalue weighted by Gasteiger charge is -2.13. The van der Waals surface area contributed by atoms with Gasteiger partial charge in [-0.05, 0) is 50.2 Å². The molecule has 2 aromatic heterocycles. The van der Waals surface area contributed by atoms with Gasteiger partial charge in [-0.25, -0.2) is 8.78 Å². The molecule has 0 aliphatic rings. The topological polar surface area (TPSA) is 42.7 Å². The van der Waals surface area contributed by atoms with Gasteiger partial charge in [-0.3, -0.25) is 4.40 Å². The average Bonchev–Trinajstić information content (AvgIpc) is 3.23. The number of halogens is 2. The number of hydrogen-bond acceptors (Lipinski definition) is 4. The molecule has 0 bridgehead atoms. The number of nitrogens with zero attached hydrogens (tertiary/aromatic N) is 4. The third-order valence-corrected chi connectivity index (χ3v) is 5.27. The number of hydrogen-bond donors (Lipinski definition) is 0. The standard InChI is InChI=1S/C24H24F2N4O/c1-29(2)14-16-4-6-17(7-5-16)20-10-8-19(30-15-27-28-24(20)30)9-11-21-22(26)12-18(25)13-23(21)31-3/h4-8,10,12-13,15H,9,11,14H2,1-3H3. The van der Waals surface area contributed by atoms with Crippen LogP contribution in [0.2, 0.25) is 0 Å². The van der Waals surface area contributed by atoms with E-state index in [0.29, 0.717) is 18.4 Å². The Morgan fingerprint density at radius 2 is 1.77 bits per heavy atom. The van der Waals surface area contributed by atoms with Crippen LogP contribution in [0.1, 0.15) is 16.8 Å². The zero-order valence-corrected chi connectivity index (χ0v) is 17.8. The van der Waals surface area contributed by atoms with Crippen molar-refractivity contribution in [1.29, 1.82) is 0 Å². The van der Waals surface area contributed by atoms with Crippen LogP contribution in [0.3, 0.4) is 0 Å². The van der Waals surface area contributed by atoms with E-state index in [2.05, 4.69) is 39.4 Å². The summed E-state index contributed by atoms with van der Waals surface area (Å²) in [4.78, 5) is 2.12. The van der Waals surface area contributed by atoms with Gasteiger partial charge < -0.3 is 9.64 Å². The lowest BCUT2D eigenvalue weighted by molar-refractivity contribution is 0.399. The van der Waals surface area contributed by atoms with Gasteiger partial charge in [0.05, 0.1) is 7.11 Å². The number of benzene rings is 2. The lowest BCUT2D eigenvalue weighted by Crippen LogP contribution is -2.10. The number of pyridine rings is 1. The second-order valence-electron chi connectivity index (χ2n) is 7.77. The molecule has 0 N–H and O–H groups in total. The zero-order valence-electron chi connectivity index (χ0n) is 17.8. The van der Waals surface area contributed by atoms with Crippen LogP contribution >= 0.6 is 0 Å². The van der Waals surface area contributed by atoms with E-state index >= 15 is 0 Å². The predicted octanol–water partition coefficient (Wildman–Crippen LogP) is 4.53. The van der Waals surface area contributed by atoms with Crippen molar-refractivity contribution >= 4 is 5.65 Å². The maximum atomic E-state index is 14.3. The Kier molecular flexibility index (Phi) is 5.95. The third kappa shape index (κ3) is 4.41. The van der Waals surface area contributed by atoms with Gasteiger partial charge in [0, 0.05) is 35.5 Å². The quantitative estimate of drug-likeness (QED) is 0.439. The highest BCUT2D eigenvalue weighted by molar-refractivity contribution is 5.77. The molecule has 0 aliphatic heterocycles. The van der Waals surface area contributed by atoms with Gasteiger partial charge in [0.25, 0.3) is 0 Å². The maximum Gasteiger partial charge on any atom is 0.168 e. The second kappa shape index (κ2) is 8.81. The van der Waals surface area contributed by atoms with Crippen molar-refractivity contribution in [2.75, 3.05) is 21.2 Å². The van der Waals surface area contributed by atoms with E-state index in [4.69, 9.17) is 4.74 Å². The first-order valence-electron chi connectivity index (χ1n) is 10.0. The van der Waals surface area contributed by atoms with Crippen molar-refractivity contribution in [1.82, 2.24) is 19.5 Å². The second-order valence-corrected chi connectivity index (χ2v) is 7.77. The summed E-state index contributed by atoms with van der Waals surface area (Å²) in [6.45, 7) is 0.878. The molecular formula is C24H24F2N4O. The Hall–Kier alpha value is -3.32. The molecule has 0 spiro atoms. The lowest BCUT2D eigenvalue weighted by atomic mass is 10.0. The summed E-state index contributed by atoms with van der Waals surface area (Å²) in [5, 5.41) is 8.38. The first-order valence-corrected chi connectivity index (χ1v) is 10.0. The molecule has 0 saturated heterocycles. The van der Waals surface area contributed by atoms with Crippen molar-refractivity contribution in [2.24, 2.45) is 0 Å². The Labute approximate surface area is 179 Å². The fraction of sp³-hybridized carbons (Fsp3) is 0.250. The highest BCUT2D eigenvalue weighted by Gasteiger charge is 2.15.